The standard InChI is InChI=1S/C13H24N2O2/c1-9(8-16)14-13(17)12-7-6-10-4-2-3-5-11(10)15-12/h9-12,15-16H,2-8H2,1H3,(H,14,17)/t9-,10?,11?,12?/m0/s1. The number of aliphatic hydroxyl groups is 1. The van der Waals surface area contributed by atoms with Gasteiger partial charge in [-0.2, -0.15) is 0 Å². The molecule has 4 heteroatoms. The molecule has 0 aromatic heterocycles. The first-order valence-corrected chi connectivity index (χ1v) is 6.88. The minimum atomic E-state index is -0.145. The Bertz CT molecular complexity index is 270. The van der Waals surface area contributed by atoms with E-state index in [1.165, 1.54) is 32.1 Å². The second kappa shape index (κ2) is 5.83. The Kier molecular flexibility index (Phi) is 4.40. The van der Waals surface area contributed by atoms with Crippen molar-refractivity contribution in [1.82, 2.24) is 10.6 Å². The number of piperidine rings is 1. The van der Waals surface area contributed by atoms with E-state index in [-0.39, 0.29) is 24.6 Å². The van der Waals surface area contributed by atoms with Gasteiger partial charge in [0.05, 0.1) is 12.6 Å². The van der Waals surface area contributed by atoms with Crippen LogP contribution in [-0.4, -0.2) is 35.7 Å². The van der Waals surface area contributed by atoms with Crippen LogP contribution in [0, 0.1) is 5.92 Å². The molecule has 1 aliphatic heterocycles. The van der Waals surface area contributed by atoms with Crippen molar-refractivity contribution in [2.45, 2.75) is 63.6 Å². The van der Waals surface area contributed by atoms with Crippen molar-refractivity contribution in [3.05, 3.63) is 0 Å². The Labute approximate surface area is 103 Å². The first-order chi connectivity index (χ1) is 8.20. The van der Waals surface area contributed by atoms with Crippen LogP contribution in [0.15, 0.2) is 0 Å². The van der Waals surface area contributed by atoms with Gasteiger partial charge in [0.15, 0.2) is 0 Å². The van der Waals surface area contributed by atoms with Crippen LogP contribution in [0.5, 0.6) is 0 Å². The molecular weight excluding hydrogens is 216 g/mol. The average molecular weight is 240 g/mol. The minimum Gasteiger partial charge on any atom is -0.394 e. The fourth-order valence-corrected chi connectivity index (χ4v) is 3.09. The van der Waals surface area contributed by atoms with Crippen LogP contribution in [0.3, 0.4) is 0 Å². The number of hydrogen-bond acceptors (Lipinski definition) is 3. The Hall–Kier alpha value is -0.610. The molecule has 0 spiro atoms. The van der Waals surface area contributed by atoms with E-state index >= 15 is 0 Å². The Morgan fingerprint density at radius 3 is 2.88 bits per heavy atom. The summed E-state index contributed by atoms with van der Waals surface area (Å²) in [6.07, 6.45) is 7.27. The molecule has 0 bridgehead atoms. The van der Waals surface area contributed by atoms with E-state index in [4.69, 9.17) is 5.11 Å². The zero-order valence-corrected chi connectivity index (χ0v) is 10.6. The first kappa shape index (κ1) is 12.8. The van der Waals surface area contributed by atoms with Crippen LogP contribution >= 0.6 is 0 Å². The predicted octanol–water partition coefficient (Wildman–Crippen LogP) is 0.794. The number of carbonyl (C=O) groups excluding carboxylic acids is 1. The van der Waals surface area contributed by atoms with Gasteiger partial charge in [0, 0.05) is 12.1 Å². The van der Waals surface area contributed by atoms with Crippen LogP contribution < -0.4 is 10.6 Å². The van der Waals surface area contributed by atoms with E-state index in [0.29, 0.717) is 6.04 Å². The molecule has 17 heavy (non-hydrogen) atoms. The van der Waals surface area contributed by atoms with Crippen molar-refractivity contribution in [2.75, 3.05) is 6.61 Å². The minimum absolute atomic E-state index is 0.00448. The molecule has 1 aliphatic carbocycles. The molecule has 1 saturated heterocycles. The summed E-state index contributed by atoms with van der Waals surface area (Å²) in [6.45, 7) is 1.83. The molecule has 2 aliphatic rings. The number of fused-ring (bicyclic) bond motifs is 1. The molecule has 98 valence electrons. The summed E-state index contributed by atoms with van der Waals surface area (Å²) in [4.78, 5) is 12.0. The van der Waals surface area contributed by atoms with Crippen molar-refractivity contribution in [2.24, 2.45) is 5.92 Å². The zero-order valence-electron chi connectivity index (χ0n) is 10.6. The molecule has 2 rings (SSSR count). The van der Waals surface area contributed by atoms with Gasteiger partial charge in [-0.3, -0.25) is 4.79 Å². The van der Waals surface area contributed by atoms with Crippen molar-refractivity contribution in [1.29, 1.82) is 0 Å². The maximum Gasteiger partial charge on any atom is 0.237 e. The van der Waals surface area contributed by atoms with Crippen molar-refractivity contribution < 1.29 is 9.90 Å². The van der Waals surface area contributed by atoms with Gasteiger partial charge >= 0.3 is 0 Å². The van der Waals surface area contributed by atoms with Crippen molar-refractivity contribution in [3.63, 3.8) is 0 Å². The molecule has 3 N–H and O–H groups in total. The maximum atomic E-state index is 12.0. The van der Waals surface area contributed by atoms with Crippen molar-refractivity contribution >= 4 is 5.91 Å². The first-order valence-electron chi connectivity index (χ1n) is 6.88. The molecule has 3 unspecified atom stereocenters. The van der Waals surface area contributed by atoms with E-state index in [1.807, 2.05) is 6.92 Å². The van der Waals surface area contributed by atoms with Gasteiger partial charge in [-0.05, 0) is 38.5 Å². The maximum absolute atomic E-state index is 12.0. The topological polar surface area (TPSA) is 61.4 Å². The molecule has 0 aromatic rings. The third kappa shape index (κ3) is 3.19. The molecule has 1 saturated carbocycles. The van der Waals surface area contributed by atoms with E-state index in [9.17, 15) is 4.79 Å². The predicted molar refractivity (Wildman–Crippen MR) is 66.6 cm³/mol. The normalized spacial score (nSPS) is 34.8. The highest BCUT2D eigenvalue weighted by Gasteiger charge is 2.34. The summed E-state index contributed by atoms with van der Waals surface area (Å²) in [7, 11) is 0. The Morgan fingerprint density at radius 1 is 1.35 bits per heavy atom. The van der Waals surface area contributed by atoms with Gasteiger partial charge in [0.2, 0.25) is 5.91 Å². The second-order valence-corrected chi connectivity index (χ2v) is 5.54. The summed E-state index contributed by atoms with van der Waals surface area (Å²) in [6, 6.07) is 0.342. The largest absolute Gasteiger partial charge is 0.394 e. The SMILES string of the molecule is C[C@@H](CO)NC(=O)C1CCC2CCCCC2N1. The van der Waals surface area contributed by atoms with E-state index in [1.54, 1.807) is 0 Å². The molecular formula is C13H24N2O2. The smallest absolute Gasteiger partial charge is 0.237 e. The van der Waals surface area contributed by atoms with Crippen molar-refractivity contribution in [3.8, 4) is 0 Å². The van der Waals surface area contributed by atoms with Gasteiger partial charge < -0.3 is 15.7 Å². The zero-order chi connectivity index (χ0) is 12.3. The third-order valence-corrected chi connectivity index (χ3v) is 4.13. The highest BCUT2D eigenvalue weighted by molar-refractivity contribution is 5.82. The van der Waals surface area contributed by atoms with Gasteiger partial charge in [-0.15, -0.1) is 0 Å². The van der Waals surface area contributed by atoms with E-state index in [0.717, 1.165) is 12.3 Å². The number of nitrogens with one attached hydrogen (secondary N) is 2. The molecule has 4 atom stereocenters. The van der Waals surface area contributed by atoms with Gasteiger partial charge in [-0.25, -0.2) is 0 Å². The Morgan fingerprint density at radius 2 is 2.12 bits per heavy atom. The van der Waals surface area contributed by atoms with Crippen LogP contribution in [0.4, 0.5) is 0 Å². The lowest BCUT2D eigenvalue weighted by Crippen LogP contribution is -2.56. The molecule has 2 fully saturated rings. The molecule has 0 aromatic carbocycles. The lowest BCUT2D eigenvalue weighted by molar-refractivity contribution is -0.125. The molecule has 0 radical (unpaired) electrons. The van der Waals surface area contributed by atoms with E-state index in [2.05, 4.69) is 10.6 Å². The number of amides is 1. The summed E-state index contributed by atoms with van der Waals surface area (Å²) < 4.78 is 0. The summed E-state index contributed by atoms with van der Waals surface area (Å²) in [5, 5.41) is 15.3. The van der Waals surface area contributed by atoms with Crippen LogP contribution in [0.25, 0.3) is 0 Å². The number of aliphatic hydroxyl groups excluding tert-OH is 1. The number of rotatable bonds is 3. The fourth-order valence-electron chi connectivity index (χ4n) is 3.09. The highest BCUT2D eigenvalue weighted by Crippen LogP contribution is 2.32. The monoisotopic (exact) mass is 240 g/mol. The quantitative estimate of drug-likeness (QED) is 0.683. The highest BCUT2D eigenvalue weighted by atomic mass is 16.3. The van der Waals surface area contributed by atoms with E-state index < -0.39 is 0 Å². The average Bonchev–Trinajstić information content (AvgIpc) is 2.38. The fraction of sp³-hybridized carbons (Fsp3) is 0.923. The third-order valence-electron chi connectivity index (χ3n) is 4.13. The van der Waals surface area contributed by atoms with Gasteiger partial charge in [0.25, 0.3) is 0 Å². The lowest BCUT2D eigenvalue weighted by Gasteiger charge is -2.40. The van der Waals surface area contributed by atoms with Crippen LogP contribution in [0.1, 0.15) is 45.4 Å². The second-order valence-electron chi connectivity index (χ2n) is 5.54. The summed E-state index contributed by atoms with van der Waals surface area (Å²) in [5.74, 6) is 0.832. The lowest BCUT2D eigenvalue weighted by atomic mass is 9.77. The Balaban J connectivity index is 1.84. The number of carbonyl (C=O) groups is 1. The van der Waals surface area contributed by atoms with Crippen LogP contribution in [0.2, 0.25) is 0 Å². The van der Waals surface area contributed by atoms with Crippen LogP contribution in [-0.2, 0) is 4.79 Å². The summed E-state index contributed by atoms with van der Waals surface area (Å²) in [5.41, 5.74) is 0. The molecule has 1 heterocycles. The van der Waals surface area contributed by atoms with Gasteiger partial charge in [-0.1, -0.05) is 12.8 Å². The summed E-state index contributed by atoms with van der Waals surface area (Å²) >= 11 is 0. The molecule has 4 nitrogen and oxygen atoms in total. The number of hydrogen-bond donors (Lipinski definition) is 3. The van der Waals surface area contributed by atoms with Gasteiger partial charge in [0.1, 0.15) is 0 Å². The molecule has 1 amide bonds.